The van der Waals surface area contributed by atoms with Gasteiger partial charge in [-0.1, -0.05) is 24.3 Å². The van der Waals surface area contributed by atoms with E-state index >= 15 is 0 Å². The summed E-state index contributed by atoms with van der Waals surface area (Å²) in [7, 11) is 1.31. The third-order valence-electron chi connectivity index (χ3n) is 5.01. The summed E-state index contributed by atoms with van der Waals surface area (Å²) in [6.07, 6.45) is 0.404. The summed E-state index contributed by atoms with van der Waals surface area (Å²) in [5, 5.41) is 4.51. The summed E-state index contributed by atoms with van der Waals surface area (Å²) in [6, 6.07) is 9.61. The minimum Gasteiger partial charge on any atom is -0.465 e. The van der Waals surface area contributed by atoms with Gasteiger partial charge in [-0.3, -0.25) is 14.5 Å². The first-order valence-electron chi connectivity index (χ1n) is 9.48. The van der Waals surface area contributed by atoms with E-state index in [2.05, 4.69) is 5.32 Å². The first-order chi connectivity index (χ1) is 14.0. The molecule has 1 aromatic carbocycles. The van der Waals surface area contributed by atoms with E-state index in [1.54, 1.807) is 11.4 Å². The molecule has 0 spiro atoms. The molecule has 0 radical (unpaired) electrons. The second-order valence-electron chi connectivity index (χ2n) is 6.96. The van der Waals surface area contributed by atoms with Crippen LogP contribution >= 0.6 is 11.3 Å². The minimum absolute atomic E-state index is 0.115. The quantitative estimate of drug-likeness (QED) is 0.732. The van der Waals surface area contributed by atoms with Crippen LogP contribution in [0.3, 0.4) is 0 Å². The van der Waals surface area contributed by atoms with Crippen LogP contribution in [0.1, 0.15) is 20.8 Å². The second kappa shape index (κ2) is 9.67. The number of anilines is 1. The van der Waals surface area contributed by atoms with E-state index in [4.69, 9.17) is 4.74 Å². The van der Waals surface area contributed by atoms with E-state index in [1.807, 2.05) is 41.0 Å². The van der Waals surface area contributed by atoms with E-state index in [-0.39, 0.29) is 18.4 Å². The number of benzene rings is 1. The molecule has 0 unspecified atom stereocenters. The fourth-order valence-electron chi connectivity index (χ4n) is 3.29. The number of nitrogens with one attached hydrogen (secondary N) is 1. The lowest BCUT2D eigenvalue weighted by atomic mass is 10.1. The van der Waals surface area contributed by atoms with E-state index in [1.165, 1.54) is 18.4 Å². The van der Waals surface area contributed by atoms with Crippen LogP contribution in [0, 0.1) is 6.92 Å². The Morgan fingerprint density at radius 1 is 1.10 bits per heavy atom. The fourth-order valence-corrected chi connectivity index (χ4v) is 4.06. The molecule has 7 nitrogen and oxygen atoms in total. The Hall–Kier alpha value is -2.71. The number of rotatable bonds is 6. The van der Waals surface area contributed by atoms with Gasteiger partial charge in [0.25, 0.3) is 0 Å². The smallest absolute Gasteiger partial charge is 0.350 e. The lowest BCUT2D eigenvalue weighted by Gasteiger charge is -2.34. The lowest BCUT2D eigenvalue weighted by molar-refractivity contribution is -0.132. The van der Waals surface area contributed by atoms with Gasteiger partial charge in [-0.05, 0) is 29.5 Å². The highest BCUT2D eigenvalue weighted by atomic mass is 32.1. The fraction of sp³-hybridized carbons (Fsp3) is 0.381. The van der Waals surface area contributed by atoms with Crippen molar-refractivity contribution in [1.29, 1.82) is 0 Å². The lowest BCUT2D eigenvalue weighted by Crippen LogP contribution is -2.50. The molecule has 2 amide bonds. The molecule has 29 heavy (non-hydrogen) atoms. The van der Waals surface area contributed by atoms with E-state index in [0.717, 1.165) is 11.1 Å². The Kier molecular flexibility index (Phi) is 7.00. The van der Waals surface area contributed by atoms with Crippen molar-refractivity contribution >= 4 is 34.8 Å². The summed E-state index contributed by atoms with van der Waals surface area (Å²) in [6.45, 7) is 4.71. The van der Waals surface area contributed by atoms with Crippen molar-refractivity contribution in [2.75, 3.05) is 45.2 Å². The number of methoxy groups -OCH3 is 1. The van der Waals surface area contributed by atoms with Crippen LogP contribution in [0.25, 0.3) is 0 Å². The number of piperazine rings is 1. The molecule has 0 aliphatic carbocycles. The average molecular weight is 416 g/mol. The van der Waals surface area contributed by atoms with Gasteiger partial charge in [0.05, 0.1) is 25.8 Å². The molecule has 2 aromatic rings. The summed E-state index contributed by atoms with van der Waals surface area (Å²) in [5.41, 5.74) is 2.64. The number of amides is 2. The maximum Gasteiger partial charge on any atom is 0.350 e. The van der Waals surface area contributed by atoms with Crippen LogP contribution in [0.4, 0.5) is 5.69 Å². The summed E-state index contributed by atoms with van der Waals surface area (Å²) >= 11 is 1.23. The van der Waals surface area contributed by atoms with Gasteiger partial charge in [0.15, 0.2) is 0 Å². The summed E-state index contributed by atoms with van der Waals surface area (Å²) in [4.78, 5) is 40.9. The van der Waals surface area contributed by atoms with Crippen LogP contribution in [-0.2, 0) is 20.7 Å². The van der Waals surface area contributed by atoms with Crippen molar-refractivity contribution in [3.63, 3.8) is 0 Å². The molecule has 0 atom stereocenters. The first kappa shape index (κ1) is 21.0. The molecule has 0 bridgehead atoms. The molecule has 0 saturated carbocycles. The Labute approximate surface area is 174 Å². The number of aryl methyl sites for hydroxylation is 1. The number of carbonyl (C=O) groups excluding carboxylic acids is 3. The van der Waals surface area contributed by atoms with Crippen molar-refractivity contribution in [3.05, 3.63) is 51.7 Å². The Balaban J connectivity index is 1.47. The third kappa shape index (κ3) is 5.42. The number of carbonyl (C=O) groups is 3. The van der Waals surface area contributed by atoms with Gasteiger partial charge >= 0.3 is 5.97 Å². The third-order valence-corrected chi connectivity index (χ3v) is 5.90. The molecule has 8 heteroatoms. The average Bonchev–Trinajstić information content (AvgIpc) is 3.17. The van der Waals surface area contributed by atoms with Gasteiger partial charge in [0, 0.05) is 26.2 Å². The van der Waals surface area contributed by atoms with E-state index < -0.39 is 5.97 Å². The first-order valence-corrected chi connectivity index (χ1v) is 10.4. The highest BCUT2D eigenvalue weighted by molar-refractivity contribution is 7.12. The molecule has 3 rings (SSSR count). The Morgan fingerprint density at radius 3 is 2.52 bits per heavy atom. The van der Waals surface area contributed by atoms with Gasteiger partial charge in [-0.15, -0.1) is 11.3 Å². The van der Waals surface area contributed by atoms with Crippen LogP contribution in [0.5, 0.6) is 0 Å². The minimum atomic E-state index is -0.462. The zero-order chi connectivity index (χ0) is 20.8. The van der Waals surface area contributed by atoms with Crippen LogP contribution in [0.15, 0.2) is 35.7 Å². The molecule has 1 aliphatic rings. The number of hydrogen-bond acceptors (Lipinski definition) is 6. The number of ether oxygens (including phenoxy) is 1. The van der Waals surface area contributed by atoms with Gasteiger partial charge in [-0.2, -0.15) is 0 Å². The predicted octanol–water partition coefficient (Wildman–Crippen LogP) is 2.17. The zero-order valence-electron chi connectivity index (χ0n) is 16.6. The van der Waals surface area contributed by atoms with Crippen LogP contribution in [-0.4, -0.2) is 67.4 Å². The molecule has 1 aromatic heterocycles. The molecule has 2 heterocycles. The Morgan fingerprint density at radius 2 is 1.83 bits per heavy atom. The number of nitrogens with zero attached hydrogens (tertiary/aromatic N) is 2. The van der Waals surface area contributed by atoms with Crippen LogP contribution in [0.2, 0.25) is 0 Å². The summed E-state index contributed by atoms with van der Waals surface area (Å²) in [5.74, 6) is -0.534. The molecule has 154 valence electrons. The van der Waals surface area contributed by atoms with Gasteiger partial charge in [0.1, 0.15) is 4.88 Å². The van der Waals surface area contributed by atoms with Gasteiger partial charge in [-0.25, -0.2) is 4.79 Å². The second-order valence-corrected chi connectivity index (χ2v) is 7.88. The monoisotopic (exact) mass is 415 g/mol. The van der Waals surface area contributed by atoms with Crippen molar-refractivity contribution < 1.29 is 19.1 Å². The van der Waals surface area contributed by atoms with Crippen molar-refractivity contribution in [2.24, 2.45) is 0 Å². The standard InChI is InChI=1S/C21H25N3O4S/c1-15-5-3-4-6-16(15)13-19(26)24-10-8-23(9-11-24)14-18(25)22-17-7-12-29-20(17)21(27)28-2/h3-7,12H,8-11,13-14H2,1-2H3,(H,22,25). The highest BCUT2D eigenvalue weighted by Crippen LogP contribution is 2.23. The maximum atomic E-state index is 12.6. The number of esters is 1. The highest BCUT2D eigenvalue weighted by Gasteiger charge is 2.23. The number of hydrogen-bond donors (Lipinski definition) is 1. The topological polar surface area (TPSA) is 79.0 Å². The van der Waals surface area contributed by atoms with Gasteiger partial charge in [0.2, 0.25) is 11.8 Å². The molecule has 1 fully saturated rings. The van der Waals surface area contributed by atoms with Crippen molar-refractivity contribution in [2.45, 2.75) is 13.3 Å². The summed E-state index contributed by atoms with van der Waals surface area (Å²) < 4.78 is 4.72. The van der Waals surface area contributed by atoms with Crippen LogP contribution < -0.4 is 5.32 Å². The molecule has 1 saturated heterocycles. The van der Waals surface area contributed by atoms with E-state index in [0.29, 0.717) is 43.2 Å². The van der Waals surface area contributed by atoms with Gasteiger partial charge < -0.3 is 15.0 Å². The van der Waals surface area contributed by atoms with E-state index in [9.17, 15) is 14.4 Å². The molecular weight excluding hydrogens is 390 g/mol. The Bertz CT molecular complexity index is 888. The SMILES string of the molecule is COC(=O)c1sccc1NC(=O)CN1CCN(C(=O)Cc2ccccc2C)CC1. The zero-order valence-corrected chi connectivity index (χ0v) is 17.5. The molecule has 1 N–H and O–H groups in total. The predicted molar refractivity (Wildman–Crippen MR) is 112 cm³/mol. The number of thiophene rings is 1. The largest absolute Gasteiger partial charge is 0.465 e. The normalized spacial score (nSPS) is 14.5. The molecular formula is C21H25N3O4S. The van der Waals surface area contributed by atoms with Crippen molar-refractivity contribution in [3.8, 4) is 0 Å². The molecule has 1 aliphatic heterocycles. The van der Waals surface area contributed by atoms with Crippen molar-refractivity contribution in [1.82, 2.24) is 9.80 Å². The maximum absolute atomic E-state index is 12.6.